The molecule has 1 aliphatic heterocycles. The van der Waals surface area contributed by atoms with Crippen molar-refractivity contribution in [2.45, 2.75) is 51.2 Å². The standard InChI is InChI=1S/C13H21NO4/c1-9(18-8-10-5-6-10)12(15)14-7-3-2-4-11(14)13(16)17/h9-11H,2-8H2,1H3,(H,16,17)/t9-,11-/m0/s1. The molecule has 0 radical (unpaired) electrons. The SMILES string of the molecule is C[C@H](OCC1CC1)C(=O)N1CCCC[C@H]1C(=O)O. The van der Waals surface area contributed by atoms with Crippen LogP contribution >= 0.6 is 0 Å². The lowest BCUT2D eigenvalue weighted by atomic mass is 10.0. The second-order valence-corrected chi connectivity index (χ2v) is 5.30. The van der Waals surface area contributed by atoms with E-state index in [0.29, 0.717) is 25.5 Å². The second-order valence-electron chi connectivity index (χ2n) is 5.30. The molecule has 5 nitrogen and oxygen atoms in total. The van der Waals surface area contributed by atoms with Crippen molar-refractivity contribution in [3.05, 3.63) is 0 Å². The molecule has 0 aromatic heterocycles. The highest BCUT2D eigenvalue weighted by Gasteiger charge is 2.34. The summed E-state index contributed by atoms with van der Waals surface area (Å²) in [6.07, 6.45) is 4.15. The predicted octanol–water partition coefficient (Wildman–Crippen LogP) is 1.27. The summed E-state index contributed by atoms with van der Waals surface area (Å²) >= 11 is 0. The highest BCUT2D eigenvalue weighted by molar-refractivity contribution is 5.86. The quantitative estimate of drug-likeness (QED) is 0.803. The molecule has 1 heterocycles. The Hall–Kier alpha value is -1.10. The summed E-state index contributed by atoms with van der Waals surface area (Å²) in [7, 11) is 0. The van der Waals surface area contributed by atoms with Crippen molar-refractivity contribution in [2.75, 3.05) is 13.2 Å². The van der Waals surface area contributed by atoms with Gasteiger partial charge >= 0.3 is 5.97 Å². The summed E-state index contributed by atoms with van der Waals surface area (Å²) < 4.78 is 5.52. The van der Waals surface area contributed by atoms with Crippen LogP contribution in [0, 0.1) is 5.92 Å². The molecule has 1 saturated heterocycles. The number of aliphatic carboxylic acids is 1. The van der Waals surface area contributed by atoms with E-state index in [4.69, 9.17) is 9.84 Å². The maximum Gasteiger partial charge on any atom is 0.326 e. The number of carboxylic acid groups (broad SMARTS) is 1. The first-order chi connectivity index (χ1) is 8.59. The Morgan fingerprint density at radius 1 is 1.33 bits per heavy atom. The van der Waals surface area contributed by atoms with Crippen molar-refractivity contribution in [1.82, 2.24) is 4.90 Å². The molecular formula is C13H21NO4. The summed E-state index contributed by atoms with van der Waals surface area (Å²) in [6, 6.07) is -0.668. The lowest BCUT2D eigenvalue weighted by Gasteiger charge is -2.34. The Morgan fingerprint density at radius 3 is 2.67 bits per heavy atom. The Bertz CT molecular complexity index is 327. The number of nitrogens with zero attached hydrogens (tertiary/aromatic N) is 1. The topological polar surface area (TPSA) is 66.8 Å². The molecule has 0 spiro atoms. The number of hydrogen-bond acceptors (Lipinski definition) is 3. The average Bonchev–Trinajstić information content (AvgIpc) is 3.19. The summed E-state index contributed by atoms with van der Waals surface area (Å²) in [5.74, 6) is -0.475. The Morgan fingerprint density at radius 2 is 2.06 bits per heavy atom. The zero-order valence-electron chi connectivity index (χ0n) is 10.8. The van der Waals surface area contributed by atoms with Gasteiger partial charge in [0.15, 0.2) is 0 Å². The fraction of sp³-hybridized carbons (Fsp3) is 0.846. The van der Waals surface area contributed by atoms with E-state index < -0.39 is 18.1 Å². The first-order valence-electron chi connectivity index (χ1n) is 6.74. The molecule has 18 heavy (non-hydrogen) atoms. The van der Waals surface area contributed by atoms with Gasteiger partial charge in [-0.3, -0.25) is 4.79 Å². The minimum atomic E-state index is -0.905. The number of hydrogen-bond donors (Lipinski definition) is 1. The molecule has 0 aromatic rings. The van der Waals surface area contributed by atoms with Crippen molar-refractivity contribution in [3.63, 3.8) is 0 Å². The molecule has 2 atom stereocenters. The van der Waals surface area contributed by atoms with Crippen molar-refractivity contribution < 1.29 is 19.4 Å². The monoisotopic (exact) mass is 255 g/mol. The normalized spacial score (nSPS) is 25.8. The summed E-state index contributed by atoms with van der Waals surface area (Å²) in [4.78, 5) is 24.8. The number of likely N-dealkylation sites (tertiary alicyclic amines) is 1. The van der Waals surface area contributed by atoms with Crippen molar-refractivity contribution in [3.8, 4) is 0 Å². The lowest BCUT2D eigenvalue weighted by molar-refractivity contribution is -0.157. The van der Waals surface area contributed by atoms with Crippen LogP contribution in [0.2, 0.25) is 0 Å². The van der Waals surface area contributed by atoms with Crippen LogP contribution in [-0.2, 0) is 14.3 Å². The zero-order chi connectivity index (χ0) is 13.1. The maximum atomic E-state index is 12.2. The smallest absolute Gasteiger partial charge is 0.326 e. The third-order valence-electron chi connectivity index (χ3n) is 3.70. The number of amides is 1. The third kappa shape index (κ3) is 3.22. The van der Waals surface area contributed by atoms with Gasteiger partial charge in [0.25, 0.3) is 5.91 Å². The summed E-state index contributed by atoms with van der Waals surface area (Å²) in [6.45, 7) is 2.88. The van der Waals surface area contributed by atoms with Gasteiger partial charge in [0.05, 0.1) is 6.61 Å². The first kappa shape index (κ1) is 13.3. The van der Waals surface area contributed by atoms with Crippen LogP contribution in [0.25, 0.3) is 0 Å². The van der Waals surface area contributed by atoms with E-state index in [1.807, 2.05) is 0 Å². The van der Waals surface area contributed by atoms with Gasteiger partial charge in [-0.05, 0) is 44.9 Å². The van der Waals surface area contributed by atoms with Crippen molar-refractivity contribution >= 4 is 11.9 Å². The van der Waals surface area contributed by atoms with Crippen molar-refractivity contribution in [1.29, 1.82) is 0 Å². The number of carbonyl (C=O) groups excluding carboxylic acids is 1. The van der Waals surface area contributed by atoms with Crippen LogP contribution < -0.4 is 0 Å². The molecule has 5 heteroatoms. The first-order valence-corrected chi connectivity index (χ1v) is 6.74. The van der Waals surface area contributed by atoms with Crippen LogP contribution in [0.5, 0.6) is 0 Å². The summed E-state index contributed by atoms with van der Waals surface area (Å²) in [5, 5.41) is 9.13. The number of rotatable bonds is 5. The molecule has 102 valence electrons. The number of ether oxygens (including phenoxy) is 1. The second kappa shape index (κ2) is 5.69. The van der Waals surface area contributed by atoms with E-state index in [-0.39, 0.29) is 5.91 Å². The van der Waals surface area contributed by atoms with Gasteiger partial charge in [-0.2, -0.15) is 0 Å². The maximum absolute atomic E-state index is 12.2. The van der Waals surface area contributed by atoms with E-state index in [9.17, 15) is 9.59 Å². The van der Waals surface area contributed by atoms with E-state index in [1.165, 1.54) is 17.7 Å². The third-order valence-corrected chi connectivity index (χ3v) is 3.70. The lowest BCUT2D eigenvalue weighted by Crippen LogP contribution is -2.51. The van der Waals surface area contributed by atoms with Crippen LogP contribution in [0.4, 0.5) is 0 Å². The van der Waals surface area contributed by atoms with Gasteiger partial charge in [-0.15, -0.1) is 0 Å². The van der Waals surface area contributed by atoms with Gasteiger partial charge in [-0.25, -0.2) is 4.79 Å². The molecule has 2 rings (SSSR count). The molecule has 2 fully saturated rings. The van der Waals surface area contributed by atoms with Gasteiger partial charge in [0, 0.05) is 6.54 Å². The van der Waals surface area contributed by atoms with Gasteiger partial charge in [-0.1, -0.05) is 0 Å². The molecule has 1 amide bonds. The van der Waals surface area contributed by atoms with Crippen LogP contribution in [0.3, 0.4) is 0 Å². The van der Waals surface area contributed by atoms with Crippen LogP contribution in [-0.4, -0.2) is 47.2 Å². The highest BCUT2D eigenvalue weighted by Crippen LogP contribution is 2.29. The number of carboxylic acids is 1. The Kier molecular flexibility index (Phi) is 4.22. The molecular weight excluding hydrogens is 234 g/mol. The zero-order valence-corrected chi connectivity index (χ0v) is 10.8. The van der Waals surface area contributed by atoms with Crippen LogP contribution in [0.1, 0.15) is 39.0 Å². The molecule has 1 saturated carbocycles. The molecule has 0 unspecified atom stereocenters. The molecule has 1 N–H and O–H groups in total. The average molecular weight is 255 g/mol. The fourth-order valence-electron chi connectivity index (χ4n) is 2.32. The molecule has 1 aliphatic carbocycles. The highest BCUT2D eigenvalue weighted by atomic mass is 16.5. The van der Waals surface area contributed by atoms with E-state index in [1.54, 1.807) is 6.92 Å². The minimum Gasteiger partial charge on any atom is -0.480 e. The van der Waals surface area contributed by atoms with E-state index >= 15 is 0 Å². The number of piperidine rings is 1. The fourth-order valence-corrected chi connectivity index (χ4v) is 2.32. The van der Waals surface area contributed by atoms with Gasteiger partial charge in [0.2, 0.25) is 0 Å². The summed E-state index contributed by atoms with van der Waals surface area (Å²) in [5.41, 5.74) is 0. The minimum absolute atomic E-state index is 0.178. The molecule has 0 bridgehead atoms. The Balaban J connectivity index is 1.89. The molecule has 0 aromatic carbocycles. The van der Waals surface area contributed by atoms with E-state index in [2.05, 4.69) is 0 Å². The molecule has 2 aliphatic rings. The van der Waals surface area contributed by atoms with Crippen molar-refractivity contribution in [2.24, 2.45) is 5.92 Å². The van der Waals surface area contributed by atoms with Gasteiger partial charge in [0.1, 0.15) is 12.1 Å². The van der Waals surface area contributed by atoms with Gasteiger partial charge < -0.3 is 14.7 Å². The van der Waals surface area contributed by atoms with E-state index in [0.717, 1.165) is 12.8 Å². The van der Waals surface area contributed by atoms with Crippen LogP contribution in [0.15, 0.2) is 0 Å². The Labute approximate surface area is 107 Å². The largest absolute Gasteiger partial charge is 0.480 e. The number of carbonyl (C=O) groups is 2. The predicted molar refractivity (Wildman–Crippen MR) is 65.1 cm³/mol.